The van der Waals surface area contributed by atoms with E-state index in [0.717, 1.165) is 44.6 Å². The Morgan fingerprint density at radius 2 is 1.82 bits per heavy atom. The Kier molecular flexibility index (Phi) is 10.6. The molecule has 1 unspecified atom stereocenters. The zero-order chi connectivity index (χ0) is 22.8. The van der Waals surface area contributed by atoms with Crippen molar-refractivity contribution in [2.45, 2.75) is 83.3 Å². The molecule has 1 heterocycles. The van der Waals surface area contributed by atoms with Crippen molar-refractivity contribution in [3.8, 4) is 0 Å². The molecule has 0 aromatic rings. The molecule has 6 nitrogen and oxygen atoms in total. The van der Waals surface area contributed by atoms with Gasteiger partial charge in [-0.3, -0.25) is 4.79 Å². The minimum atomic E-state index is -0.498. The summed E-state index contributed by atoms with van der Waals surface area (Å²) in [6.45, 7) is 14.4. The van der Waals surface area contributed by atoms with Crippen LogP contribution in [0.4, 0.5) is 0 Å². The number of carbonyl (C=O) groups is 1. The van der Waals surface area contributed by atoms with E-state index in [4.69, 9.17) is 9.47 Å². The largest absolute Gasteiger partial charge is 0.412 e. The van der Waals surface area contributed by atoms with E-state index in [1.807, 2.05) is 13.8 Å². The molecular formula is C26H45NO5S. The summed E-state index contributed by atoms with van der Waals surface area (Å²) in [4.78, 5) is 13.4. The number of rotatable bonds is 7. The second-order valence-electron chi connectivity index (χ2n) is 10.0. The zero-order valence-corrected chi connectivity index (χ0v) is 22.1. The lowest BCUT2D eigenvalue weighted by Crippen LogP contribution is -2.41. The van der Waals surface area contributed by atoms with Gasteiger partial charge in [0.2, 0.25) is 5.91 Å². The highest BCUT2D eigenvalue weighted by Crippen LogP contribution is 2.45. The maximum absolute atomic E-state index is 13.4. The van der Waals surface area contributed by atoms with Crippen molar-refractivity contribution in [1.29, 1.82) is 0 Å². The van der Waals surface area contributed by atoms with Crippen LogP contribution in [0, 0.1) is 5.41 Å². The van der Waals surface area contributed by atoms with Crippen molar-refractivity contribution in [2.75, 3.05) is 20.3 Å². The van der Waals surface area contributed by atoms with Crippen molar-refractivity contribution >= 4 is 17.7 Å². The fourth-order valence-electron chi connectivity index (χ4n) is 4.29. The van der Waals surface area contributed by atoms with E-state index >= 15 is 0 Å². The maximum atomic E-state index is 13.4. The molecule has 3 aliphatic rings. The van der Waals surface area contributed by atoms with Crippen molar-refractivity contribution in [3.05, 3.63) is 46.2 Å². The van der Waals surface area contributed by atoms with Gasteiger partial charge in [0.25, 0.3) is 0 Å². The molecule has 5 N–H and O–H groups in total. The first-order chi connectivity index (χ1) is 14.6. The van der Waals surface area contributed by atoms with Crippen LogP contribution in [0.25, 0.3) is 0 Å². The van der Waals surface area contributed by atoms with Crippen LogP contribution in [0.5, 0.6) is 0 Å². The second-order valence-corrected chi connectivity index (χ2v) is 11.9. The SMILES string of the molecule is COC(C)C(C)(C)/C1=C/C(NC(=O)C(C)(C)SC2CCOCC2)=C(\C)CCC2=CC=C21.O.O.[HH]. The van der Waals surface area contributed by atoms with Crippen molar-refractivity contribution in [1.82, 2.24) is 5.32 Å². The number of nitrogens with one attached hydrogen (secondary N) is 1. The second kappa shape index (κ2) is 11.8. The topological polar surface area (TPSA) is 111 Å². The van der Waals surface area contributed by atoms with Gasteiger partial charge in [-0.1, -0.05) is 26.0 Å². The summed E-state index contributed by atoms with van der Waals surface area (Å²) in [5.41, 5.74) is 5.95. The van der Waals surface area contributed by atoms with Gasteiger partial charge >= 0.3 is 0 Å². The number of fused-ring (bicyclic) bond motifs is 1. The summed E-state index contributed by atoms with van der Waals surface area (Å²) >= 11 is 1.78. The van der Waals surface area contributed by atoms with Gasteiger partial charge < -0.3 is 25.7 Å². The molecule has 1 saturated heterocycles. The van der Waals surface area contributed by atoms with Gasteiger partial charge in [-0.15, -0.1) is 11.8 Å². The lowest BCUT2D eigenvalue weighted by Gasteiger charge is -2.38. The third-order valence-corrected chi connectivity index (χ3v) is 8.67. The molecule has 1 amide bonds. The number of hydrogen-bond acceptors (Lipinski definition) is 4. The predicted octanol–water partition coefficient (Wildman–Crippen LogP) is 4.31. The molecule has 33 heavy (non-hydrogen) atoms. The Labute approximate surface area is 205 Å². The highest BCUT2D eigenvalue weighted by Gasteiger charge is 2.37. The Morgan fingerprint density at radius 1 is 1.18 bits per heavy atom. The van der Waals surface area contributed by atoms with E-state index < -0.39 is 4.75 Å². The molecule has 0 bridgehead atoms. The van der Waals surface area contributed by atoms with Crippen molar-refractivity contribution in [3.63, 3.8) is 0 Å². The standard InChI is InChI=1S/C26H39NO3S.2H2O.H2/c1-17-8-9-19-10-11-21(19)22(25(3,4)18(2)29-7)16-23(17)27-24(28)26(5,6)31-20-12-14-30-15-13-20;;;/h10-11,16,18,20H,8-9,12-15H2,1-7H3,(H,27,28);2*1H2;1H/b22-16+,23-17-;;;. The van der Waals surface area contributed by atoms with Gasteiger partial charge in [-0.2, -0.15) is 0 Å². The quantitative estimate of drug-likeness (QED) is 0.581. The summed E-state index contributed by atoms with van der Waals surface area (Å²) in [5, 5.41) is 3.78. The Morgan fingerprint density at radius 3 is 2.36 bits per heavy atom. The number of methoxy groups -OCH3 is 1. The number of carbonyl (C=O) groups excluding carboxylic acids is 1. The molecule has 3 rings (SSSR count). The van der Waals surface area contributed by atoms with E-state index in [0.29, 0.717) is 5.25 Å². The lowest BCUT2D eigenvalue weighted by molar-refractivity contribution is -0.121. The number of ether oxygens (including phenoxy) is 2. The van der Waals surface area contributed by atoms with Crippen LogP contribution in [0.2, 0.25) is 0 Å². The van der Waals surface area contributed by atoms with E-state index in [1.165, 1.54) is 22.3 Å². The van der Waals surface area contributed by atoms with Crippen LogP contribution >= 0.6 is 11.8 Å². The van der Waals surface area contributed by atoms with Crippen molar-refractivity contribution < 1.29 is 26.6 Å². The van der Waals surface area contributed by atoms with Crippen LogP contribution in [-0.2, 0) is 14.3 Å². The number of thioether (sulfide) groups is 1. The predicted molar refractivity (Wildman–Crippen MR) is 139 cm³/mol. The normalized spacial score (nSPS) is 24.2. The zero-order valence-electron chi connectivity index (χ0n) is 21.3. The van der Waals surface area contributed by atoms with Gasteiger partial charge in [0.15, 0.2) is 0 Å². The van der Waals surface area contributed by atoms with E-state index in [1.54, 1.807) is 18.9 Å². The smallest absolute Gasteiger partial charge is 0.240 e. The van der Waals surface area contributed by atoms with Crippen LogP contribution in [0.1, 0.15) is 68.7 Å². The van der Waals surface area contributed by atoms with Crippen molar-refractivity contribution in [2.24, 2.45) is 5.41 Å². The number of amides is 1. The minimum absolute atomic E-state index is 0. The summed E-state index contributed by atoms with van der Waals surface area (Å²) in [6.07, 6.45) is 10.7. The minimum Gasteiger partial charge on any atom is -0.412 e. The van der Waals surface area contributed by atoms with Gasteiger partial charge in [0.1, 0.15) is 0 Å². The van der Waals surface area contributed by atoms with Crippen LogP contribution in [0.15, 0.2) is 46.2 Å². The molecular weight excluding hydrogens is 438 g/mol. The molecule has 0 saturated carbocycles. The molecule has 1 aliphatic heterocycles. The Hall–Kier alpha value is -1.38. The first-order valence-electron chi connectivity index (χ1n) is 11.5. The van der Waals surface area contributed by atoms with Gasteiger partial charge in [0.05, 0.1) is 10.9 Å². The average molecular weight is 484 g/mol. The fourth-order valence-corrected chi connectivity index (χ4v) is 5.71. The summed E-state index contributed by atoms with van der Waals surface area (Å²) in [6, 6.07) is 0. The van der Waals surface area contributed by atoms with E-state index in [-0.39, 0.29) is 29.8 Å². The fraction of sp³-hybridized carbons (Fsp3) is 0.654. The molecule has 190 valence electrons. The van der Waals surface area contributed by atoms with E-state index in [9.17, 15) is 4.79 Å². The van der Waals surface area contributed by atoms with Gasteiger partial charge in [-0.25, -0.2) is 0 Å². The molecule has 7 heteroatoms. The average Bonchev–Trinajstić information content (AvgIpc) is 2.70. The lowest BCUT2D eigenvalue weighted by atomic mass is 9.70. The summed E-state index contributed by atoms with van der Waals surface area (Å²) < 4.78 is 10.7. The number of hydrogen-bond donors (Lipinski definition) is 1. The van der Waals surface area contributed by atoms with Crippen LogP contribution in [0.3, 0.4) is 0 Å². The third kappa shape index (κ3) is 6.61. The molecule has 0 radical (unpaired) electrons. The highest BCUT2D eigenvalue weighted by molar-refractivity contribution is 8.01. The highest BCUT2D eigenvalue weighted by atomic mass is 32.2. The first kappa shape index (κ1) is 29.7. The molecule has 1 fully saturated rings. The van der Waals surface area contributed by atoms with E-state index in [2.05, 4.69) is 51.2 Å². The monoisotopic (exact) mass is 483 g/mol. The van der Waals surface area contributed by atoms with Gasteiger partial charge in [-0.05, 0) is 81.7 Å². The van der Waals surface area contributed by atoms with Gasteiger partial charge in [0, 0.05) is 38.1 Å². The Balaban J connectivity index is 0.00000363. The Bertz CT molecular complexity index is 838. The third-order valence-electron chi connectivity index (χ3n) is 7.09. The first-order valence-corrected chi connectivity index (χ1v) is 12.4. The van der Waals surface area contributed by atoms with Crippen LogP contribution < -0.4 is 5.32 Å². The van der Waals surface area contributed by atoms with Crippen LogP contribution in [-0.4, -0.2) is 53.3 Å². The maximum Gasteiger partial charge on any atom is 0.240 e. The molecule has 0 aromatic heterocycles. The molecule has 1 atom stereocenters. The summed E-state index contributed by atoms with van der Waals surface area (Å²) in [7, 11) is 1.77. The molecule has 0 spiro atoms. The molecule has 2 aliphatic carbocycles. The molecule has 0 aromatic carbocycles. The number of allylic oxidation sites excluding steroid dienone is 6. The summed E-state index contributed by atoms with van der Waals surface area (Å²) in [5.74, 6) is 0.0745.